The second-order valence-corrected chi connectivity index (χ2v) is 7.83. The van der Waals surface area contributed by atoms with Gasteiger partial charge in [-0.25, -0.2) is 4.99 Å². The first-order valence-corrected chi connectivity index (χ1v) is 11.1. The highest BCUT2D eigenvalue weighted by atomic mass is 16.5. The predicted octanol–water partition coefficient (Wildman–Crippen LogP) is -0.310. The molecule has 4 N–H and O–H groups in total. The maximum absolute atomic E-state index is 12.5. The van der Waals surface area contributed by atoms with Crippen molar-refractivity contribution in [3.8, 4) is 0 Å². The van der Waals surface area contributed by atoms with Gasteiger partial charge in [0.05, 0.1) is 13.1 Å². The number of piperazine rings is 1. The molecule has 2 aliphatic rings. The van der Waals surface area contributed by atoms with Crippen molar-refractivity contribution in [2.45, 2.75) is 32.4 Å². The molecule has 0 bridgehead atoms. The van der Waals surface area contributed by atoms with Crippen molar-refractivity contribution in [2.24, 2.45) is 10.7 Å². The minimum atomic E-state index is -0.586. The lowest BCUT2D eigenvalue weighted by molar-refractivity contribution is -0.142. The van der Waals surface area contributed by atoms with Crippen molar-refractivity contribution in [3.63, 3.8) is 0 Å². The third-order valence-electron chi connectivity index (χ3n) is 5.48. The molecule has 2 heterocycles. The Balaban J connectivity index is 1.54. The van der Waals surface area contributed by atoms with Gasteiger partial charge in [-0.15, -0.1) is 0 Å². The Bertz CT molecular complexity index is 827. The summed E-state index contributed by atoms with van der Waals surface area (Å²) in [6.07, 6.45) is 1.49. The fourth-order valence-corrected chi connectivity index (χ4v) is 3.74. The summed E-state index contributed by atoms with van der Waals surface area (Å²) in [6, 6.07) is 7.07. The van der Waals surface area contributed by atoms with E-state index in [-0.39, 0.29) is 24.5 Å². The Morgan fingerprint density at radius 3 is 2.38 bits per heavy atom. The van der Waals surface area contributed by atoms with Crippen molar-refractivity contribution in [3.05, 3.63) is 35.4 Å². The minimum absolute atomic E-state index is 0.101. The summed E-state index contributed by atoms with van der Waals surface area (Å²) in [5, 5.41) is 5.78. The van der Waals surface area contributed by atoms with Crippen molar-refractivity contribution < 1.29 is 19.1 Å². The zero-order valence-corrected chi connectivity index (χ0v) is 18.5. The molecule has 10 heteroatoms. The fourth-order valence-electron chi connectivity index (χ4n) is 3.74. The third-order valence-corrected chi connectivity index (χ3v) is 5.48. The zero-order valence-electron chi connectivity index (χ0n) is 18.5. The summed E-state index contributed by atoms with van der Waals surface area (Å²) in [5.41, 5.74) is 6.46. The fraction of sp³-hybridized carbons (Fsp3) is 0.545. The maximum atomic E-state index is 12.5. The highest BCUT2D eigenvalue weighted by Gasteiger charge is 2.30. The van der Waals surface area contributed by atoms with E-state index < -0.39 is 5.91 Å². The molecule has 2 aliphatic heterocycles. The Hall–Kier alpha value is -3.14. The van der Waals surface area contributed by atoms with Crippen LogP contribution in [0.2, 0.25) is 0 Å². The lowest BCUT2D eigenvalue weighted by atomic mass is 10.1. The largest absolute Gasteiger partial charge is 0.368 e. The van der Waals surface area contributed by atoms with Gasteiger partial charge in [0, 0.05) is 44.9 Å². The number of nitrogens with one attached hydrogen (secondary N) is 2. The van der Waals surface area contributed by atoms with Gasteiger partial charge in [0.1, 0.15) is 6.10 Å². The predicted molar refractivity (Wildman–Crippen MR) is 120 cm³/mol. The molecule has 0 aromatic heterocycles. The summed E-state index contributed by atoms with van der Waals surface area (Å²) in [6.45, 7) is 6.43. The van der Waals surface area contributed by atoms with E-state index >= 15 is 0 Å². The van der Waals surface area contributed by atoms with Gasteiger partial charge in [0.2, 0.25) is 5.91 Å². The number of amides is 3. The van der Waals surface area contributed by atoms with Crippen LogP contribution in [0.4, 0.5) is 0 Å². The molecule has 2 fully saturated rings. The second kappa shape index (κ2) is 11.5. The van der Waals surface area contributed by atoms with Gasteiger partial charge in [-0.1, -0.05) is 12.1 Å². The molecule has 1 aromatic carbocycles. The molecule has 1 unspecified atom stereocenters. The molecular formula is C22H32N6O4. The number of hydrogen-bond donors (Lipinski definition) is 3. The molecule has 0 aliphatic carbocycles. The summed E-state index contributed by atoms with van der Waals surface area (Å²) >= 11 is 0. The molecular weight excluding hydrogens is 412 g/mol. The van der Waals surface area contributed by atoms with E-state index in [2.05, 4.69) is 15.5 Å². The number of nitrogens with two attached hydrogens (primary N) is 1. The molecule has 2 saturated heterocycles. The summed E-state index contributed by atoms with van der Waals surface area (Å²) in [4.78, 5) is 44.1. The van der Waals surface area contributed by atoms with Crippen LogP contribution in [0.5, 0.6) is 0 Å². The van der Waals surface area contributed by atoms with E-state index in [1.54, 1.807) is 12.1 Å². The number of rotatable bonds is 7. The SMILES string of the molecule is CCNC(=NCc1ccc(C(=O)NCC(N)=O)cc1)N1CCN(C(=O)C2CCCO2)CC1. The first kappa shape index (κ1) is 23.5. The van der Waals surface area contributed by atoms with Crippen LogP contribution in [-0.2, 0) is 20.9 Å². The molecule has 3 rings (SSSR count). The minimum Gasteiger partial charge on any atom is -0.368 e. The van der Waals surface area contributed by atoms with Gasteiger partial charge in [-0.3, -0.25) is 14.4 Å². The Labute approximate surface area is 188 Å². The van der Waals surface area contributed by atoms with Crippen LogP contribution in [0, 0.1) is 0 Å². The van der Waals surface area contributed by atoms with Crippen LogP contribution >= 0.6 is 0 Å². The lowest BCUT2D eigenvalue weighted by Crippen LogP contribution is -2.55. The monoisotopic (exact) mass is 444 g/mol. The van der Waals surface area contributed by atoms with Crippen molar-refractivity contribution in [2.75, 3.05) is 45.9 Å². The average molecular weight is 445 g/mol. The van der Waals surface area contributed by atoms with Gasteiger partial charge in [-0.05, 0) is 37.5 Å². The van der Waals surface area contributed by atoms with Crippen molar-refractivity contribution >= 4 is 23.7 Å². The van der Waals surface area contributed by atoms with Gasteiger partial charge in [0.25, 0.3) is 11.8 Å². The van der Waals surface area contributed by atoms with Gasteiger partial charge < -0.3 is 30.9 Å². The number of primary amides is 1. The number of carbonyl (C=O) groups is 3. The van der Waals surface area contributed by atoms with E-state index in [0.29, 0.717) is 44.9 Å². The van der Waals surface area contributed by atoms with Crippen LogP contribution in [-0.4, -0.2) is 85.5 Å². The van der Waals surface area contributed by atoms with Crippen LogP contribution in [0.3, 0.4) is 0 Å². The molecule has 3 amide bonds. The average Bonchev–Trinajstić information content (AvgIpc) is 3.35. The Morgan fingerprint density at radius 1 is 1.09 bits per heavy atom. The molecule has 0 radical (unpaired) electrons. The highest BCUT2D eigenvalue weighted by molar-refractivity contribution is 5.96. The van der Waals surface area contributed by atoms with Crippen LogP contribution < -0.4 is 16.4 Å². The first-order chi connectivity index (χ1) is 15.5. The van der Waals surface area contributed by atoms with Gasteiger partial charge in [0.15, 0.2) is 5.96 Å². The second-order valence-electron chi connectivity index (χ2n) is 7.83. The number of aliphatic imine (C=N–C) groups is 1. The van der Waals surface area contributed by atoms with Crippen molar-refractivity contribution in [1.29, 1.82) is 0 Å². The standard InChI is InChI=1S/C22H32N6O4/c1-2-24-22(28-11-9-27(10-12-28)21(31)18-4-3-13-32-18)26-14-16-5-7-17(8-6-16)20(30)25-15-19(23)29/h5-8,18H,2-4,9-15H2,1H3,(H2,23,29)(H,24,26)(H,25,30). The van der Waals surface area contributed by atoms with E-state index in [0.717, 1.165) is 30.9 Å². The van der Waals surface area contributed by atoms with E-state index in [9.17, 15) is 14.4 Å². The third kappa shape index (κ3) is 6.43. The highest BCUT2D eigenvalue weighted by Crippen LogP contribution is 2.16. The normalized spacial score (nSPS) is 19.0. The van der Waals surface area contributed by atoms with E-state index in [1.165, 1.54) is 0 Å². The lowest BCUT2D eigenvalue weighted by Gasteiger charge is -2.37. The topological polar surface area (TPSA) is 129 Å². The summed E-state index contributed by atoms with van der Waals surface area (Å²) < 4.78 is 5.53. The van der Waals surface area contributed by atoms with Gasteiger partial charge >= 0.3 is 0 Å². The number of guanidine groups is 1. The van der Waals surface area contributed by atoms with E-state index in [4.69, 9.17) is 15.5 Å². The summed E-state index contributed by atoms with van der Waals surface area (Å²) in [7, 11) is 0. The van der Waals surface area contributed by atoms with E-state index in [1.807, 2.05) is 24.0 Å². The molecule has 0 spiro atoms. The molecule has 10 nitrogen and oxygen atoms in total. The number of carbonyl (C=O) groups excluding carboxylic acids is 3. The number of benzene rings is 1. The molecule has 0 saturated carbocycles. The number of hydrogen-bond acceptors (Lipinski definition) is 5. The number of ether oxygens (including phenoxy) is 1. The molecule has 1 atom stereocenters. The first-order valence-electron chi connectivity index (χ1n) is 11.1. The van der Waals surface area contributed by atoms with Gasteiger partial charge in [-0.2, -0.15) is 0 Å². The Morgan fingerprint density at radius 2 is 1.78 bits per heavy atom. The number of nitrogens with zero attached hydrogens (tertiary/aromatic N) is 3. The quantitative estimate of drug-likeness (QED) is 0.391. The van der Waals surface area contributed by atoms with Crippen molar-refractivity contribution in [1.82, 2.24) is 20.4 Å². The maximum Gasteiger partial charge on any atom is 0.251 e. The van der Waals surface area contributed by atoms with Crippen LogP contribution in [0.15, 0.2) is 29.3 Å². The molecule has 1 aromatic rings. The molecule has 174 valence electrons. The van der Waals surface area contributed by atoms with Crippen LogP contribution in [0.25, 0.3) is 0 Å². The van der Waals surface area contributed by atoms with Crippen LogP contribution in [0.1, 0.15) is 35.7 Å². The zero-order chi connectivity index (χ0) is 22.9. The smallest absolute Gasteiger partial charge is 0.251 e. The Kier molecular flexibility index (Phi) is 8.43. The molecule has 32 heavy (non-hydrogen) atoms. The summed E-state index contributed by atoms with van der Waals surface area (Å²) in [5.74, 6) is -0.0241.